The van der Waals surface area contributed by atoms with Gasteiger partial charge in [0.15, 0.2) is 0 Å². The molecule has 2 aromatic rings. The van der Waals surface area contributed by atoms with Crippen molar-refractivity contribution in [1.29, 1.82) is 0 Å². The first-order valence-electron chi connectivity index (χ1n) is 5.10. The van der Waals surface area contributed by atoms with Crippen molar-refractivity contribution in [3.63, 3.8) is 0 Å². The van der Waals surface area contributed by atoms with Crippen LogP contribution >= 0.6 is 0 Å². The van der Waals surface area contributed by atoms with Gasteiger partial charge in [-0.1, -0.05) is 0 Å². The molecular weight excluding hydrogens is 208 g/mol. The van der Waals surface area contributed by atoms with Gasteiger partial charge in [0, 0.05) is 29.8 Å². The molecule has 0 amide bonds. The summed E-state index contributed by atoms with van der Waals surface area (Å²) in [5, 5.41) is 11.7. The molecule has 0 fully saturated rings. The number of benzene rings is 1. The van der Waals surface area contributed by atoms with Gasteiger partial charge in [0.05, 0.1) is 23.7 Å². The van der Waals surface area contributed by atoms with E-state index in [1.807, 2.05) is 6.07 Å². The zero-order chi connectivity index (χ0) is 11.1. The molecule has 1 aliphatic heterocycles. The summed E-state index contributed by atoms with van der Waals surface area (Å²) in [6.07, 6.45) is 0. The van der Waals surface area contributed by atoms with E-state index in [0.29, 0.717) is 13.2 Å². The van der Waals surface area contributed by atoms with Crippen molar-refractivity contribution in [2.45, 2.75) is 13.2 Å². The number of nitro groups is 1. The van der Waals surface area contributed by atoms with Crippen LogP contribution in [0.2, 0.25) is 0 Å². The van der Waals surface area contributed by atoms with Crippen molar-refractivity contribution >= 4 is 16.6 Å². The summed E-state index contributed by atoms with van der Waals surface area (Å²) in [5.74, 6) is 0. The van der Waals surface area contributed by atoms with Crippen LogP contribution in [0.3, 0.4) is 0 Å². The molecule has 0 spiro atoms. The van der Waals surface area contributed by atoms with Gasteiger partial charge in [0.1, 0.15) is 0 Å². The zero-order valence-electron chi connectivity index (χ0n) is 8.55. The maximum absolute atomic E-state index is 10.7. The Morgan fingerprint density at radius 1 is 1.38 bits per heavy atom. The highest BCUT2D eigenvalue weighted by Crippen LogP contribution is 2.26. The van der Waals surface area contributed by atoms with Gasteiger partial charge in [-0.15, -0.1) is 0 Å². The van der Waals surface area contributed by atoms with Crippen LogP contribution in [0.4, 0.5) is 5.69 Å². The summed E-state index contributed by atoms with van der Waals surface area (Å²) in [6, 6.07) is 6.98. The number of ether oxygens (including phenoxy) is 1. The highest BCUT2D eigenvalue weighted by molar-refractivity contribution is 5.83. The van der Waals surface area contributed by atoms with Gasteiger partial charge in [-0.2, -0.15) is 0 Å². The van der Waals surface area contributed by atoms with Crippen molar-refractivity contribution in [1.82, 2.24) is 4.57 Å². The van der Waals surface area contributed by atoms with Crippen LogP contribution in [0.25, 0.3) is 10.9 Å². The molecule has 5 nitrogen and oxygen atoms in total. The zero-order valence-corrected chi connectivity index (χ0v) is 8.55. The molecule has 0 bridgehead atoms. The van der Waals surface area contributed by atoms with E-state index in [-0.39, 0.29) is 10.6 Å². The fourth-order valence-electron chi connectivity index (χ4n) is 2.13. The maximum atomic E-state index is 10.7. The minimum Gasteiger partial charge on any atom is -0.373 e. The Labute approximate surface area is 91.4 Å². The van der Waals surface area contributed by atoms with E-state index < -0.39 is 0 Å². The predicted molar refractivity (Wildman–Crippen MR) is 58.2 cm³/mol. The summed E-state index contributed by atoms with van der Waals surface area (Å²) in [7, 11) is 0. The number of nitro benzene ring substituents is 1. The Hall–Kier alpha value is -1.88. The van der Waals surface area contributed by atoms with Gasteiger partial charge in [-0.3, -0.25) is 10.1 Å². The van der Waals surface area contributed by atoms with Gasteiger partial charge >= 0.3 is 0 Å². The minimum atomic E-state index is -0.362. The first kappa shape index (κ1) is 9.35. The van der Waals surface area contributed by atoms with Gasteiger partial charge in [0.2, 0.25) is 0 Å². The molecule has 1 aromatic heterocycles. The third-order valence-electron chi connectivity index (χ3n) is 2.89. The molecule has 3 rings (SSSR count). The van der Waals surface area contributed by atoms with E-state index in [0.717, 1.165) is 23.1 Å². The molecule has 0 N–H and O–H groups in total. The van der Waals surface area contributed by atoms with E-state index >= 15 is 0 Å². The van der Waals surface area contributed by atoms with Crippen LogP contribution in [0.5, 0.6) is 0 Å². The second-order valence-electron chi connectivity index (χ2n) is 3.84. The average Bonchev–Trinajstić information content (AvgIpc) is 2.66. The first-order chi connectivity index (χ1) is 7.75. The molecule has 0 saturated heterocycles. The second kappa shape index (κ2) is 3.31. The number of fused-ring (bicyclic) bond motifs is 3. The SMILES string of the molecule is O=[N+]([O-])c1ccc2cc3n(c2c1)CCOC3. The van der Waals surface area contributed by atoms with E-state index in [9.17, 15) is 10.1 Å². The lowest BCUT2D eigenvalue weighted by Gasteiger charge is -2.16. The maximum Gasteiger partial charge on any atom is 0.271 e. The predicted octanol–water partition coefficient (Wildman–Crippen LogP) is 2.08. The van der Waals surface area contributed by atoms with Crippen LogP contribution in [-0.2, 0) is 17.9 Å². The molecule has 1 aliphatic rings. The van der Waals surface area contributed by atoms with Crippen LogP contribution in [-0.4, -0.2) is 16.1 Å². The van der Waals surface area contributed by atoms with Gasteiger partial charge in [0.25, 0.3) is 5.69 Å². The third kappa shape index (κ3) is 1.29. The Morgan fingerprint density at radius 3 is 3.06 bits per heavy atom. The molecule has 2 heterocycles. The summed E-state index contributed by atoms with van der Waals surface area (Å²) >= 11 is 0. The average molecular weight is 218 g/mol. The van der Waals surface area contributed by atoms with Gasteiger partial charge in [-0.05, 0) is 12.1 Å². The standard InChI is InChI=1S/C11H10N2O3/c14-13(15)9-2-1-8-5-10-7-16-4-3-12(10)11(8)6-9/h1-2,5-6H,3-4,7H2. The lowest BCUT2D eigenvalue weighted by Crippen LogP contribution is -2.15. The summed E-state index contributed by atoms with van der Waals surface area (Å²) in [4.78, 5) is 10.3. The Kier molecular flexibility index (Phi) is 1.94. The molecule has 0 radical (unpaired) electrons. The highest BCUT2D eigenvalue weighted by Gasteiger charge is 2.15. The molecule has 5 heteroatoms. The molecular formula is C11H10N2O3. The Morgan fingerprint density at radius 2 is 2.25 bits per heavy atom. The molecule has 0 aliphatic carbocycles. The minimum absolute atomic E-state index is 0.139. The van der Waals surface area contributed by atoms with Crippen molar-refractivity contribution in [3.8, 4) is 0 Å². The van der Waals surface area contributed by atoms with Crippen LogP contribution < -0.4 is 0 Å². The molecule has 1 aromatic carbocycles. The van der Waals surface area contributed by atoms with Gasteiger partial charge in [-0.25, -0.2) is 0 Å². The topological polar surface area (TPSA) is 57.3 Å². The largest absolute Gasteiger partial charge is 0.373 e. The van der Waals surface area contributed by atoms with Crippen LogP contribution in [0, 0.1) is 10.1 Å². The number of hydrogen-bond acceptors (Lipinski definition) is 3. The van der Waals surface area contributed by atoms with Crippen LogP contribution in [0.15, 0.2) is 24.3 Å². The van der Waals surface area contributed by atoms with Crippen molar-refractivity contribution in [2.75, 3.05) is 6.61 Å². The Bertz CT molecular complexity index is 574. The number of nitrogens with zero attached hydrogens (tertiary/aromatic N) is 2. The summed E-state index contributed by atoms with van der Waals surface area (Å²) < 4.78 is 7.44. The van der Waals surface area contributed by atoms with E-state index in [4.69, 9.17) is 4.74 Å². The van der Waals surface area contributed by atoms with Gasteiger partial charge < -0.3 is 9.30 Å². The monoisotopic (exact) mass is 218 g/mol. The highest BCUT2D eigenvalue weighted by atomic mass is 16.6. The Balaban J connectivity index is 2.25. The first-order valence-corrected chi connectivity index (χ1v) is 5.10. The lowest BCUT2D eigenvalue weighted by atomic mass is 10.2. The fourth-order valence-corrected chi connectivity index (χ4v) is 2.13. The smallest absolute Gasteiger partial charge is 0.271 e. The van der Waals surface area contributed by atoms with E-state index in [1.165, 1.54) is 6.07 Å². The number of non-ortho nitro benzene ring substituents is 1. The summed E-state index contributed by atoms with van der Waals surface area (Å²) in [5.41, 5.74) is 2.15. The fraction of sp³-hybridized carbons (Fsp3) is 0.273. The molecule has 16 heavy (non-hydrogen) atoms. The third-order valence-corrected chi connectivity index (χ3v) is 2.89. The van der Waals surface area contributed by atoms with Crippen molar-refractivity contribution in [2.24, 2.45) is 0 Å². The molecule has 0 atom stereocenters. The van der Waals surface area contributed by atoms with E-state index in [2.05, 4.69) is 4.57 Å². The van der Waals surface area contributed by atoms with Crippen molar-refractivity contribution in [3.05, 3.63) is 40.1 Å². The molecule has 82 valence electrons. The van der Waals surface area contributed by atoms with Crippen LogP contribution in [0.1, 0.15) is 5.69 Å². The van der Waals surface area contributed by atoms with Crippen molar-refractivity contribution < 1.29 is 9.66 Å². The normalized spacial score (nSPS) is 15.0. The summed E-state index contributed by atoms with van der Waals surface area (Å²) in [6.45, 7) is 2.02. The number of rotatable bonds is 1. The quantitative estimate of drug-likeness (QED) is 0.544. The number of aromatic nitrogens is 1. The number of hydrogen-bond donors (Lipinski definition) is 0. The molecule has 0 unspecified atom stereocenters. The lowest BCUT2D eigenvalue weighted by molar-refractivity contribution is -0.384. The second-order valence-corrected chi connectivity index (χ2v) is 3.84. The van der Waals surface area contributed by atoms with E-state index in [1.54, 1.807) is 12.1 Å². The molecule has 0 saturated carbocycles.